The third-order valence-electron chi connectivity index (χ3n) is 3.69. The van der Waals surface area contributed by atoms with E-state index in [1.165, 1.54) is 6.33 Å². The monoisotopic (exact) mass is 316 g/mol. The molecule has 0 N–H and O–H groups in total. The summed E-state index contributed by atoms with van der Waals surface area (Å²) in [5.41, 5.74) is 0.811. The van der Waals surface area contributed by atoms with Gasteiger partial charge in [-0.1, -0.05) is 5.16 Å². The Morgan fingerprint density at radius 2 is 2.35 bits per heavy atom. The summed E-state index contributed by atoms with van der Waals surface area (Å²) >= 11 is 0. The third-order valence-corrected chi connectivity index (χ3v) is 3.69. The van der Waals surface area contributed by atoms with Gasteiger partial charge in [-0.2, -0.15) is 10.1 Å². The van der Waals surface area contributed by atoms with Crippen molar-refractivity contribution >= 4 is 0 Å². The summed E-state index contributed by atoms with van der Waals surface area (Å²) in [7, 11) is 0. The Balaban J connectivity index is 1.37. The van der Waals surface area contributed by atoms with Crippen molar-refractivity contribution < 1.29 is 13.7 Å². The van der Waals surface area contributed by atoms with Crippen LogP contribution in [-0.2, 0) is 17.8 Å². The molecule has 0 spiro atoms. The molecule has 1 aliphatic rings. The van der Waals surface area contributed by atoms with Crippen molar-refractivity contribution in [2.75, 3.05) is 19.7 Å². The standard InChI is InChI=1S/C14H16N6O3/c1-3-21-8-11(1)14-17-13(23-18-14)7-19-2-4-22-12(5-19)6-20-10-15-9-16-20/h1,3,8-10,12H,2,4-7H2. The van der Waals surface area contributed by atoms with Crippen molar-refractivity contribution in [1.29, 1.82) is 0 Å². The molecule has 23 heavy (non-hydrogen) atoms. The molecule has 120 valence electrons. The van der Waals surface area contributed by atoms with Gasteiger partial charge < -0.3 is 13.7 Å². The molecule has 1 atom stereocenters. The lowest BCUT2D eigenvalue weighted by molar-refractivity contribution is -0.0426. The van der Waals surface area contributed by atoms with E-state index in [0.717, 1.165) is 18.7 Å². The number of morpholine rings is 1. The van der Waals surface area contributed by atoms with Crippen LogP contribution in [0.3, 0.4) is 0 Å². The normalized spacial score (nSPS) is 19.2. The molecular weight excluding hydrogens is 300 g/mol. The van der Waals surface area contributed by atoms with Crippen LogP contribution in [0.5, 0.6) is 0 Å². The zero-order valence-corrected chi connectivity index (χ0v) is 12.4. The summed E-state index contributed by atoms with van der Waals surface area (Å²) in [6.07, 6.45) is 6.47. The Morgan fingerprint density at radius 3 is 3.17 bits per heavy atom. The predicted molar refractivity (Wildman–Crippen MR) is 77.0 cm³/mol. The van der Waals surface area contributed by atoms with Crippen LogP contribution in [0.2, 0.25) is 0 Å². The van der Waals surface area contributed by atoms with Crippen LogP contribution < -0.4 is 0 Å². The molecule has 0 bridgehead atoms. The molecule has 9 nitrogen and oxygen atoms in total. The highest BCUT2D eigenvalue weighted by molar-refractivity contribution is 5.51. The van der Waals surface area contributed by atoms with E-state index in [1.807, 2.05) is 0 Å². The maximum absolute atomic E-state index is 5.77. The number of furan rings is 1. The Labute approximate surface area is 131 Å². The van der Waals surface area contributed by atoms with Gasteiger partial charge in [0.1, 0.15) is 18.9 Å². The van der Waals surface area contributed by atoms with E-state index in [0.29, 0.717) is 31.4 Å². The molecule has 1 fully saturated rings. The minimum atomic E-state index is 0.0710. The Kier molecular flexibility index (Phi) is 3.86. The summed E-state index contributed by atoms with van der Waals surface area (Å²) in [6.45, 7) is 3.56. The second-order valence-corrected chi connectivity index (χ2v) is 5.37. The molecule has 0 amide bonds. The first-order valence-electron chi connectivity index (χ1n) is 7.38. The van der Waals surface area contributed by atoms with Crippen LogP contribution in [0.4, 0.5) is 0 Å². The fraction of sp³-hybridized carbons (Fsp3) is 0.429. The molecule has 4 rings (SSSR count). The Morgan fingerprint density at radius 1 is 1.35 bits per heavy atom. The number of hydrogen-bond donors (Lipinski definition) is 0. The molecule has 3 aromatic rings. The van der Waals surface area contributed by atoms with Gasteiger partial charge in [0.05, 0.1) is 37.6 Å². The molecule has 1 unspecified atom stereocenters. The maximum Gasteiger partial charge on any atom is 0.241 e. The fourth-order valence-corrected chi connectivity index (χ4v) is 2.59. The van der Waals surface area contributed by atoms with Gasteiger partial charge in [0.2, 0.25) is 11.7 Å². The van der Waals surface area contributed by atoms with Gasteiger partial charge in [0.25, 0.3) is 0 Å². The van der Waals surface area contributed by atoms with Crippen molar-refractivity contribution in [3.63, 3.8) is 0 Å². The van der Waals surface area contributed by atoms with E-state index in [9.17, 15) is 0 Å². The molecule has 0 saturated carbocycles. The van der Waals surface area contributed by atoms with E-state index in [2.05, 4.69) is 25.1 Å². The molecule has 1 saturated heterocycles. The number of nitrogens with zero attached hydrogens (tertiary/aromatic N) is 6. The lowest BCUT2D eigenvalue weighted by Crippen LogP contribution is -2.43. The first-order chi connectivity index (χ1) is 11.4. The van der Waals surface area contributed by atoms with Crippen LogP contribution in [0, 0.1) is 0 Å². The maximum atomic E-state index is 5.77. The summed E-state index contributed by atoms with van der Waals surface area (Å²) in [5, 5.41) is 8.09. The second-order valence-electron chi connectivity index (χ2n) is 5.37. The van der Waals surface area contributed by atoms with Gasteiger partial charge in [0, 0.05) is 13.1 Å². The fourth-order valence-electron chi connectivity index (χ4n) is 2.59. The van der Waals surface area contributed by atoms with Crippen LogP contribution in [0.25, 0.3) is 11.4 Å². The molecule has 0 aliphatic carbocycles. The topological polar surface area (TPSA) is 95.2 Å². The van der Waals surface area contributed by atoms with Crippen molar-refractivity contribution in [2.45, 2.75) is 19.2 Å². The molecule has 0 aromatic carbocycles. The van der Waals surface area contributed by atoms with Crippen molar-refractivity contribution in [2.24, 2.45) is 0 Å². The van der Waals surface area contributed by atoms with Crippen LogP contribution in [-0.4, -0.2) is 55.6 Å². The van der Waals surface area contributed by atoms with Crippen molar-refractivity contribution in [1.82, 2.24) is 29.8 Å². The SMILES string of the molecule is c1ncn(CC2CN(Cc3nc(-c4ccoc4)no3)CCO2)n1. The molecule has 4 heterocycles. The van der Waals surface area contributed by atoms with Crippen molar-refractivity contribution in [3.8, 4) is 11.4 Å². The summed E-state index contributed by atoms with van der Waals surface area (Å²) in [5.74, 6) is 1.13. The van der Waals surface area contributed by atoms with E-state index in [4.69, 9.17) is 13.7 Å². The summed E-state index contributed by atoms with van der Waals surface area (Å²) in [4.78, 5) is 10.6. The molecule has 9 heteroatoms. The summed E-state index contributed by atoms with van der Waals surface area (Å²) < 4.78 is 17.9. The zero-order valence-electron chi connectivity index (χ0n) is 12.4. The second kappa shape index (κ2) is 6.31. The lowest BCUT2D eigenvalue weighted by Gasteiger charge is -2.31. The van der Waals surface area contributed by atoms with Gasteiger partial charge in [0.15, 0.2) is 0 Å². The minimum Gasteiger partial charge on any atom is -0.472 e. The van der Waals surface area contributed by atoms with Crippen molar-refractivity contribution in [3.05, 3.63) is 37.1 Å². The predicted octanol–water partition coefficient (Wildman–Crippen LogP) is 0.822. The number of rotatable bonds is 5. The smallest absolute Gasteiger partial charge is 0.241 e. The minimum absolute atomic E-state index is 0.0710. The quantitative estimate of drug-likeness (QED) is 0.683. The van der Waals surface area contributed by atoms with E-state index >= 15 is 0 Å². The average Bonchev–Trinajstić information content (AvgIpc) is 3.30. The molecule has 0 radical (unpaired) electrons. The van der Waals surface area contributed by atoms with Gasteiger partial charge in [-0.15, -0.1) is 0 Å². The van der Waals surface area contributed by atoms with Gasteiger partial charge >= 0.3 is 0 Å². The van der Waals surface area contributed by atoms with E-state index in [1.54, 1.807) is 29.6 Å². The van der Waals surface area contributed by atoms with E-state index in [-0.39, 0.29) is 6.10 Å². The zero-order chi connectivity index (χ0) is 15.5. The van der Waals surface area contributed by atoms with Crippen LogP contribution in [0.1, 0.15) is 5.89 Å². The average molecular weight is 316 g/mol. The highest BCUT2D eigenvalue weighted by Crippen LogP contribution is 2.17. The number of hydrogen-bond acceptors (Lipinski definition) is 8. The largest absolute Gasteiger partial charge is 0.472 e. The Bertz CT molecular complexity index is 724. The van der Waals surface area contributed by atoms with Crippen LogP contribution >= 0.6 is 0 Å². The highest BCUT2D eigenvalue weighted by atomic mass is 16.5. The Hall–Kier alpha value is -2.52. The van der Waals surface area contributed by atoms with Gasteiger partial charge in [-0.25, -0.2) is 4.98 Å². The van der Waals surface area contributed by atoms with Crippen LogP contribution in [0.15, 0.2) is 40.2 Å². The van der Waals surface area contributed by atoms with E-state index < -0.39 is 0 Å². The van der Waals surface area contributed by atoms with Gasteiger partial charge in [-0.3, -0.25) is 9.58 Å². The van der Waals surface area contributed by atoms with Gasteiger partial charge in [-0.05, 0) is 6.07 Å². The first-order valence-corrected chi connectivity index (χ1v) is 7.38. The lowest BCUT2D eigenvalue weighted by atomic mass is 10.2. The first kappa shape index (κ1) is 14.1. The number of aromatic nitrogens is 5. The molecule has 3 aromatic heterocycles. The molecular formula is C14H16N6O3. The summed E-state index contributed by atoms with van der Waals surface area (Å²) in [6, 6.07) is 1.80. The highest BCUT2D eigenvalue weighted by Gasteiger charge is 2.23. The molecule has 1 aliphatic heterocycles. The number of ether oxygens (including phenoxy) is 1. The third kappa shape index (κ3) is 3.30.